The van der Waals surface area contributed by atoms with Gasteiger partial charge >= 0.3 is 5.97 Å². The van der Waals surface area contributed by atoms with E-state index < -0.39 is 40.4 Å². The molecule has 0 unspecified atom stereocenters. The molecule has 0 radical (unpaired) electrons. The average Bonchev–Trinajstić information content (AvgIpc) is 2.84. The number of esters is 1. The fourth-order valence-electron chi connectivity index (χ4n) is 3.12. The van der Waals surface area contributed by atoms with Gasteiger partial charge in [-0.25, -0.2) is 17.6 Å². The van der Waals surface area contributed by atoms with Crippen LogP contribution in [0.5, 0.6) is 0 Å². The summed E-state index contributed by atoms with van der Waals surface area (Å²) < 4.78 is 45.6. The van der Waals surface area contributed by atoms with E-state index in [9.17, 15) is 27.2 Å². The van der Waals surface area contributed by atoms with Gasteiger partial charge in [0.05, 0.1) is 16.5 Å². The molecule has 3 aromatic carbocycles. The van der Waals surface area contributed by atoms with Crippen LogP contribution in [0.15, 0.2) is 83.8 Å². The highest BCUT2D eigenvalue weighted by Crippen LogP contribution is 2.18. The Morgan fingerprint density at radius 1 is 0.943 bits per heavy atom. The number of benzene rings is 3. The van der Waals surface area contributed by atoms with Crippen molar-refractivity contribution < 1.29 is 31.9 Å². The standard InChI is InChI=1S/C25H23FN2O6S/c1-17(29)23(14-18-6-3-2-4-7-18)27-24(30)16-34-25(31)19-8-5-9-22(15-19)35(32,33)28-21-12-10-20(26)11-13-21/h2-13,15,23,28H,14,16H2,1H3,(H,27,30)/t23-/m1/s1. The summed E-state index contributed by atoms with van der Waals surface area (Å²) in [6, 6.07) is 18.1. The van der Waals surface area contributed by atoms with Gasteiger partial charge < -0.3 is 10.1 Å². The van der Waals surface area contributed by atoms with E-state index in [4.69, 9.17) is 4.74 Å². The molecule has 0 saturated carbocycles. The van der Waals surface area contributed by atoms with Crippen molar-refractivity contribution >= 4 is 33.4 Å². The van der Waals surface area contributed by atoms with Gasteiger partial charge in [0.1, 0.15) is 5.82 Å². The van der Waals surface area contributed by atoms with Crippen LogP contribution in [0.3, 0.4) is 0 Å². The summed E-state index contributed by atoms with van der Waals surface area (Å²) in [5.41, 5.74) is 0.913. The first kappa shape index (κ1) is 25.6. The molecule has 0 aliphatic rings. The molecule has 10 heteroatoms. The van der Waals surface area contributed by atoms with E-state index in [0.29, 0.717) is 0 Å². The maximum atomic E-state index is 13.0. The lowest BCUT2D eigenvalue weighted by Crippen LogP contribution is -2.43. The highest BCUT2D eigenvalue weighted by Gasteiger charge is 2.20. The van der Waals surface area contributed by atoms with Gasteiger partial charge in [-0.3, -0.25) is 14.3 Å². The smallest absolute Gasteiger partial charge is 0.338 e. The Bertz CT molecular complexity index is 1310. The number of anilines is 1. The van der Waals surface area contributed by atoms with Crippen molar-refractivity contribution in [1.82, 2.24) is 5.32 Å². The second-order valence-corrected chi connectivity index (χ2v) is 9.32. The first-order chi connectivity index (χ1) is 16.6. The first-order valence-corrected chi connectivity index (χ1v) is 12.0. The van der Waals surface area contributed by atoms with E-state index in [-0.39, 0.29) is 28.4 Å². The second-order valence-electron chi connectivity index (χ2n) is 7.64. The van der Waals surface area contributed by atoms with Crippen LogP contribution in [0.1, 0.15) is 22.8 Å². The molecule has 3 rings (SSSR count). The SMILES string of the molecule is CC(=O)[C@@H](Cc1ccccc1)NC(=O)COC(=O)c1cccc(S(=O)(=O)Nc2ccc(F)cc2)c1. The van der Waals surface area contributed by atoms with Gasteiger partial charge in [-0.1, -0.05) is 36.4 Å². The molecule has 3 aromatic rings. The first-order valence-electron chi connectivity index (χ1n) is 10.5. The fourth-order valence-corrected chi connectivity index (χ4v) is 4.22. The van der Waals surface area contributed by atoms with Crippen LogP contribution in [0.4, 0.5) is 10.1 Å². The third-order valence-corrected chi connectivity index (χ3v) is 6.30. The Labute approximate surface area is 202 Å². The normalized spacial score (nSPS) is 11.8. The minimum atomic E-state index is -4.07. The Kier molecular flexibility index (Phi) is 8.32. The summed E-state index contributed by atoms with van der Waals surface area (Å²) in [5.74, 6) is -2.35. The number of ketones is 1. The molecule has 8 nitrogen and oxygen atoms in total. The molecule has 0 fully saturated rings. The van der Waals surface area contributed by atoms with E-state index in [1.165, 1.54) is 37.3 Å². The summed E-state index contributed by atoms with van der Waals surface area (Å²) in [4.78, 5) is 36.4. The average molecular weight is 499 g/mol. The van der Waals surface area contributed by atoms with Gasteiger partial charge in [-0.2, -0.15) is 0 Å². The molecule has 0 aliphatic heterocycles. The molecule has 2 N–H and O–H groups in total. The molecular formula is C25H23FN2O6S. The number of hydrogen-bond acceptors (Lipinski definition) is 6. The van der Waals surface area contributed by atoms with Gasteiger partial charge in [0.2, 0.25) is 0 Å². The van der Waals surface area contributed by atoms with Crippen LogP contribution in [-0.4, -0.2) is 38.7 Å². The molecule has 0 saturated heterocycles. The Morgan fingerprint density at radius 3 is 2.29 bits per heavy atom. The van der Waals surface area contributed by atoms with Gasteiger partial charge in [-0.15, -0.1) is 0 Å². The molecule has 0 heterocycles. The van der Waals surface area contributed by atoms with Crippen molar-refractivity contribution in [3.8, 4) is 0 Å². The van der Waals surface area contributed by atoms with Gasteiger partial charge in [0.25, 0.3) is 15.9 Å². The Hall–Kier alpha value is -4.05. The van der Waals surface area contributed by atoms with Crippen molar-refractivity contribution in [3.63, 3.8) is 0 Å². The van der Waals surface area contributed by atoms with Crippen molar-refractivity contribution in [1.29, 1.82) is 0 Å². The number of amides is 1. The lowest BCUT2D eigenvalue weighted by Gasteiger charge is -2.16. The third-order valence-electron chi connectivity index (χ3n) is 4.92. The summed E-state index contributed by atoms with van der Waals surface area (Å²) in [6.07, 6.45) is 0.289. The summed E-state index contributed by atoms with van der Waals surface area (Å²) in [6.45, 7) is 0.702. The lowest BCUT2D eigenvalue weighted by molar-refractivity contribution is -0.128. The van der Waals surface area contributed by atoms with Crippen LogP contribution in [0, 0.1) is 5.82 Å². The number of carbonyl (C=O) groups is 3. The van der Waals surface area contributed by atoms with Gasteiger partial charge in [0.15, 0.2) is 12.4 Å². The molecule has 0 bridgehead atoms. The zero-order valence-electron chi connectivity index (χ0n) is 18.7. The van der Waals surface area contributed by atoms with Crippen LogP contribution in [0.25, 0.3) is 0 Å². The van der Waals surface area contributed by atoms with E-state index in [1.807, 2.05) is 30.3 Å². The Morgan fingerprint density at radius 2 is 1.63 bits per heavy atom. The van der Waals surface area contributed by atoms with E-state index in [0.717, 1.165) is 23.8 Å². The Balaban J connectivity index is 1.60. The maximum Gasteiger partial charge on any atom is 0.338 e. The van der Waals surface area contributed by atoms with Crippen LogP contribution in [0.2, 0.25) is 0 Å². The van der Waals surface area contributed by atoms with Crippen LogP contribution in [-0.2, 0) is 30.8 Å². The summed E-state index contributed by atoms with van der Waals surface area (Å²) in [5, 5.41) is 2.54. The molecule has 1 amide bonds. The number of halogens is 1. The topological polar surface area (TPSA) is 119 Å². The second kappa shape index (κ2) is 11.4. The minimum Gasteiger partial charge on any atom is -0.452 e. The number of sulfonamides is 1. The largest absolute Gasteiger partial charge is 0.452 e. The van der Waals surface area contributed by atoms with Crippen molar-refractivity contribution in [2.45, 2.75) is 24.3 Å². The highest BCUT2D eigenvalue weighted by atomic mass is 32.2. The van der Waals surface area contributed by atoms with E-state index >= 15 is 0 Å². The third kappa shape index (κ3) is 7.47. The number of rotatable bonds is 10. The molecule has 0 aliphatic carbocycles. The highest BCUT2D eigenvalue weighted by molar-refractivity contribution is 7.92. The van der Waals surface area contributed by atoms with Crippen LogP contribution < -0.4 is 10.0 Å². The zero-order valence-corrected chi connectivity index (χ0v) is 19.5. The van der Waals surface area contributed by atoms with Gasteiger partial charge in [0, 0.05) is 5.69 Å². The summed E-state index contributed by atoms with van der Waals surface area (Å²) in [7, 11) is -4.07. The van der Waals surface area contributed by atoms with Crippen molar-refractivity contribution in [2.24, 2.45) is 0 Å². The maximum absolute atomic E-state index is 13.0. The summed E-state index contributed by atoms with van der Waals surface area (Å²) >= 11 is 0. The predicted octanol–water partition coefficient (Wildman–Crippen LogP) is 3.10. The fraction of sp³-hybridized carbons (Fsp3) is 0.160. The number of carbonyl (C=O) groups excluding carboxylic acids is 3. The molecular weight excluding hydrogens is 475 g/mol. The number of hydrogen-bond donors (Lipinski definition) is 2. The molecule has 1 atom stereocenters. The monoisotopic (exact) mass is 498 g/mol. The predicted molar refractivity (Wildman–Crippen MR) is 127 cm³/mol. The molecule has 0 aromatic heterocycles. The molecule has 0 spiro atoms. The van der Waals surface area contributed by atoms with Gasteiger partial charge in [-0.05, 0) is 61.4 Å². The number of Topliss-reactive ketones (excluding diaryl/α,β-unsaturated/α-hetero) is 1. The van der Waals surface area contributed by atoms with Crippen molar-refractivity contribution in [2.75, 3.05) is 11.3 Å². The zero-order chi connectivity index (χ0) is 25.4. The van der Waals surface area contributed by atoms with Crippen LogP contribution >= 0.6 is 0 Å². The molecule has 35 heavy (non-hydrogen) atoms. The minimum absolute atomic E-state index is 0.0906. The number of nitrogens with one attached hydrogen (secondary N) is 2. The van der Waals surface area contributed by atoms with Crippen molar-refractivity contribution in [3.05, 3.63) is 95.8 Å². The van der Waals surface area contributed by atoms with E-state index in [2.05, 4.69) is 10.0 Å². The quantitative estimate of drug-likeness (QED) is 0.415. The lowest BCUT2D eigenvalue weighted by atomic mass is 10.0. The van der Waals surface area contributed by atoms with E-state index in [1.54, 1.807) is 0 Å². The molecule has 182 valence electrons. The number of ether oxygens (including phenoxy) is 1.